The summed E-state index contributed by atoms with van der Waals surface area (Å²) in [7, 11) is -2.69. The predicted octanol–water partition coefficient (Wildman–Crippen LogP) is 3.08. The van der Waals surface area contributed by atoms with Gasteiger partial charge < -0.3 is 29.5 Å². The zero-order chi connectivity index (χ0) is 23.3. The van der Waals surface area contributed by atoms with E-state index in [0.29, 0.717) is 22.4 Å². The lowest BCUT2D eigenvalue weighted by molar-refractivity contribution is -0.141. The molecule has 1 atom stereocenters. The highest BCUT2D eigenvalue weighted by molar-refractivity contribution is 7.51. The molecule has 0 spiro atoms. The smallest absolute Gasteiger partial charge is 0.342 e. The standard InChI is InChI=1S/C21H27O9P/c1-12(10-14(20(23)24)6-4-5-9-31(26,27)28)7-8-15-18(22)17-16(11-30-21(17)25)13(2)19(15)29-3/h4-5,7,14,22H,6,8-11H2,1-3H3,(H,23,24)(H2,26,27,28)/b5-4+,12-7+. The van der Waals surface area contributed by atoms with Crippen LogP contribution in [0.2, 0.25) is 0 Å². The van der Waals surface area contributed by atoms with E-state index in [1.165, 1.54) is 19.3 Å². The molecule has 31 heavy (non-hydrogen) atoms. The van der Waals surface area contributed by atoms with Crippen LogP contribution in [0.5, 0.6) is 11.5 Å². The zero-order valence-electron chi connectivity index (χ0n) is 17.6. The van der Waals surface area contributed by atoms with Crippen molar-refractivity contribution in [1.29, 1.82) is 0 Å². The normalized spacial score (nSPS) is 15.1. The van der Waals surface area contributed by atoms with Crippen LogP contribution >= 0.6 is 7.60 Å². The first-order valence-corrected chi connectivity index (χ1v) is 11.4. The molecule has 1 unspecified atom stereocenters. The van der Waals surface area contributed by atoms with Gasteiger partial charge in [-0.15, -0.1) is 0 Å². The SMILES string of the molecule is COc1c(C)c2c(c(O)c1C/C=C(\C)CC(C/C=C/CP(=O)(O)O)C(=O)O)C(=O)OC2. The van der Waals surface area contributed by atoms with Crippen LogP contribution < -0.4 is 4.74 Å². The second kappa shape index (κ2) is 10.1. The molecule has 0 saturated heterocycles. The van der Waals surface area contributed by atoms with Crippen molar-refractivity contribution in [1.82, 2.24) is 0 Å². The van der Waals surface area contributed by atoms with Crippen molar-refractivity contribution in [3.63, 3.8) is 0 Å². The van der Waals surface area contributed by atoms with E-state index in [0.717, 1.165) is 5.57 Å². The summed E-state index contributed by atoms with van der Waals surface area (Å²) in [6, 6.07) is 0. The number of carboxylic acid groups (broad SMARTS) is 1. The molecular formula is C21H27O9P. The fourth-order valence-corrected chi connectivity index (χ4v) is 3.94. The van der Waals surface area contributed by atoms with Crippen LogP contribution in [0.25, 0.3) is 0 Å². The monoisotopic (exact) mass is 454 g/mol. The van der Waals surface area contributed by atoms with Crippen LogP contribution in [-0.2, 0) is 27.1 Å². The minimum Gasteiger partial charge on any atom is -0.507 e. The van der Waals surface area contributed by atoms with Gasteiger partial charge in [0.1, 0.15) is 23.7 Å². The Balaban J connectivity index is 2.18. The van der Waals surface area contributed by atoms with Crippen LogP contribution in [0.1, 0.15) is 46.8 Å². The van der Waals surface area contributed by atoms with Crippen molar-refractivity contribution in [3.05, 3.63) is 46.1 Å². The highest BCUT2D eigenvalue weighted by atomic mass is 31.2. The molecule has 1 aliphatic heterocycles. The van der Waals surface area contributed by atoms with Gasteiger partial charge in [-0.2, -0.15) is 0 Å². The van der Waals surface area contributed by atoms with E-state index in [-0.39, 0.29) is 37.2 Å². The first kappa shape index (κ1) is 24.7. The van der Waals surface area contributed by atoms with Crippen molar-refractivity contribution in [2.75, 3.05) is 13.3 Å². The molecule has 9 nitrogen and oxygen atoms in total. The van der Waals surface area contributed by atoms with Crippen molar-refractivity contribution in [2.24, 2.45) is 5.92 Å². The van der Waals surface area contributed by atoms with Crippen LogP contribution in [-0.4, -0.2) is 45.2 Å². The zero-order valence-corrected chi connectivity index (χ0v) is 18.5. The maximum absolute atomic E-state index is 12.0. The van der Waals surface area contributed by atoms with Crippen molar-refractivity contribution in [3.8, 4) is 11.5 Å². The molecule has 1 aliphatic rings. The number of hydrogen-bond acceptors (Lipinski definition) is 6. The first-order valence-electron chi connectivity index (χ1n) is 9.62. The molecule has 0 radical (unpaired) electrons. The quantitative estimate of drug-likeness (QED) is 0.237. The average Bonchev–Trinajstić information content (AvgIpc) is 3.07. The Morgan fingerprint density at radius 3 is 2.58 bits per heavy atom. The second-order valence-corrected chi connectivity index (χ2v) is 9.16. The maximum Gasteiger partial charge on any atom is 0.342 e. The van der Waals surface area contributed by atoms with Gasteiger partial charge in [0.05, 0.1) is 19.2 Å². The Kier molecular flexibility index (Phi) is 8.06. The third-order valence-electron chi connectivity index (χ3n) is 5.15. The Labute approximate surface area is 180 Å². The Bertz CT molecular complexity index is 972. The van der Waals surface area contributed by atoms with Gasteiger partial charge in [0.15, 0.2) is 0 Å². The lowest BCUT2D eigenvalue weighted by Gasteiger charge is -2.16. The van der Waals surface area contributed by atoms with Crippen molar-refractivity contribution in [2.45, 2.75) is 39.7 Å². The van der Waals surface area contributed by atoms with Crippen LogP contribution in [0.3, 0.4) is 0 Å². The van der Waals surface area contributed by atoms with E-state index >= 15 is 0 Å². The molecule has 0 amide bonds. The molecule has 4 N–H and O–H groups in total. The number of carbonyl (C=O) groups excluding carboxylic acids is 1. The second-order valence-electron chi connectivity index (χ2n) is 7.46. The van der Waals surface area contributed by atoms with Crippen LogP contribution in [0.4, 0.5) is 0 Å². The number of aromatic hydroxyl groups is 1. The number of methoxy groups -OCH3 is 1. The van der Waals surface area contributed by atoms with Crippen molar-refractivity contribution < 1.29 is 43.6 Å². The number of fused-ring (bicyclic) bond motifs is 1. The third kappa shape index (κ3) is 6.19. The summed E-state index contributed by atoms with van der Waals surface area (Å²) in [6.07, 6.45) is 4.62. The lowest BCUT2D eigenvalue weighted by atomic mass is 9.93. The molecule has 0 bridgehead atoms. The van der Waals surface area contributed by atoms with Crippen LogP contribution in [0.15, 0.2) is 23.8 Å². The van der Waals surface area contributed by atoms with E-state index in [4.69, 9.17) is 19.3 Å². The molecule has 10 heteroatoms. The largest absolute Gasteiger partial charge is 0.507 e. The van der Waals surface area contributed by atoms with E-state index in [9.17, 15) is 24.4 Å². The Morgan fingerprint density at radius 2 is 2.00 bits per heavy atom. The van der Waals surface area contributed by atoms with E-state index in [2.05, 4.69) is 0 Å². The van der Waals surface area contributed by atoms with Gasteiger partial charge in [-0.3, -0.25) is 9.36 Å². The summed E-state index contributed by atoms with van der Waals surface area (Å²) in [5.74, 6) is -2.12. The average molecular weight is 454 g/mol. The predicted molar refractivity (Wildman–Crippen MR) is 112 cm³/mol. The molecule has 0 aliphatic carbocycles. The highest BCUT2D eigenvalue weighted by Gasteiger charge is 2.31. The number of ether oxygens (including phenoxy) is 2. The number of carbonyl (C=O) groups is 2. The molecule has 1 heterocycles. The number of aliphatic carboxylic acids is 1. The molecule has 0 aromatic heterocycles. The van der Waals surface area contributed by atoms with Crippen molar-refractivity contribution >= 4 is 19.5 Å². The topological polar surface area (TPSA) is 151 Å². The number of esters is 1. The fraction of sp³-hybridized carbons (Fsp3) is 0.429. The molecule has 1 aromatic rings. The summed E-state index contributed by atoms with van der Waals surface area (Å²) < 4.78 is 21.3. The number of phenols is 1. The summed E-state index contributed by atoms with van der Waals surface area (Å²) >= 11 is 0. The molecular weight excluding hydrogens is 427 g/mol. The molecule has 0 fully saturated rings. The summed E-state index contributed by atoms with van der Waals surface area (Å²) in [4.78, 5) is 41.2. The fourth-order valence-electron chi connectivity index (χ4n) is 3.52. The molecule has 2 rings (SSSR count). The highest BCUT2D eigenvalue weighted by Crippen LogP contribution is 2.42. The number of phenolic OH excluding ortho intramolecular Hbond substituents is 1. The van der Waals surface area contributed by atoms with Gasteiger partial charge in [-0.1, -0.05) is 23.8 Å². The number of cyclic esters (lactones) is 1. The molecule has 170 valence electrons. The van der Waals surface area contributed by atoms with Gasteiger partial charge >= 0.3 is 19.5 Å². The summed E-state index contributed by atoms with van der Waals surface area (Å²) in [5, 5.41) is 20.1. The number of allylic oxidation sites excluding steroid dienone is 4. The number of hydrogen-bond donors (Lipinski definition) is 4. The minimum absolute atomic E-state index is 0.0783. The molecule has 1 aromatic carbocycles. The van der Waals surface area contributed by atoms with Gasteiger partial charge in [-0.25, -0.2) is 4.79 Å². The van der Waals surface area contributed by atoms with Gasteiger partial charge in [0.2, 0.25) is 0 Å². The van der Waals surface area contributed by atoms with Gasteiger partial charge in [0, 0.05) is 11.1 Å². The van der Waals surface area contributed by atoms with Gasteiger partial charge in [-0.05, 0) is 38.7 Å². The van der Waals surface area contributed by atoms with Gasteiger partial charge in [0.25, 0.3) is 0 Å². The van der Waals surface area contributed by atoms with Crippen LogP contribution in [0, 0.1) is 12.8 Å². The number of rotatable bonds is 10. The number of carboxylic acids is 1. The van der Waals surface area contributed by atoms with E-state index in [1.807, 2.05) is 0 Å². The maximum atomic E-state index is 12.0. The van der Waals surface area contributed by atoms with E-state index in [1.54, 1.807) is 19.9 Å². The molecule has 0 saturated carbocycles. The summed E-state index contributed by atoms with van der Waals surface area (Å²) in [6.45, 7) is 3.62. The van der Waals surface area contributed by atoms with E-state index < -0.39 is 31.6 Å². The third-order valence-corrected chi connectivity index (χ3v) is 5.84. The Morgan fingerprint density at radius 1 is 1.32 bits per heavy atom. The first-order chi connectivity index (χ1) is 14.5. The lowest BCUT2D eigenvalue weighted by Crippen LogP contribution is -2.13. The Hall–Kier alpha value is -2.61. The summed E-state index contributed by atoms with van der Waals surface area (Å²) in [5.41, 5.74) is 2.61. The number of benzene rings is 1. The minimum atomic E-state index is -4.16.